The van der Waals surface area contributed by atoms with Gasteiger partial charge in [-0.15, -0.1) is 0 Å². The van der Waals surface area contributed by atoms with Crippen molar-refractivity contribution in [3.63, 3.8) is 0 Å². The first kappa shape index (κ1) is 11.6. The van der Waals surface area contributed by atoms with Crippen molar-refractivity contribution in [1.29, 1.82) is 0 Å². The molecule has 0 amide bonds. The Morgan fingerprint density at radius 2 is 2.56 bits per heavy atom. The molecule has 1 fully saturated rings. The van der Waals surface area contributed by atoms with Crippen molar-refractivity contribution in [3.8, 4) is 0 Å². The van der Waals surface area contributed by atoms with Crippen LogP contribution < -0.4 is 5.32 Å². The molecule has 1 aliphatic rings. The highest BCUT2D eigenvalue weighted by Crippen LogP contribution is 2.18. The van der Waals surface area contributed by atoms with E-state index in [1.165, 1.54) is 5.69 Å². The zero-order valence-corrected chi connectivity index (χ0v) is 10.1. The van der Waals surface area contributed by atoms with Gasteiger partial charge in [0.05, 0.1) is 13.2 Å². The van der Waals surface area contributed by atoms with Crippen molar-refractivity contribution in [3.05, 3.63) is 18.0 Å². The molecule has 0 aromatic carbocycles. The fourth-order valence-electron chi connectivity index (χ4n) is 2.29. The number of nitrogens with zero attached hydrogens (tertiary/aromatic N) is 2. The van der Waals surface area contributed by atoms with E-state index in [1.807, 2.05) is 12.3 Å². The molecule has 1 aromatic heterocycles. The van der Waals surface area contributed by atoms with Crippen LogP contribution in [0.25, 0.3) is 0 Å². The van der Waals surface area contributed by atoms with Gasteiger partial charge in [0.25, 0.3) is 0 Å². The molecule has 0 saturated carbocycles. The van der Waals surface area contributed by atoms with E-state index in [-0.39, 0.29) is 0 Å². The fraction of sp³-hybridized carbons (Fsp3) is 0.750. The molecule has 2 atom stereocenters. The van der Waals surface area contributed by atoms with E-state index in [1.54, 1.807) is 0 Å². The first-order chi connectivity index (χ1) is 7.81. The number of aromatic nitrogens is 2. The Balaban J connectivity index is 1.99. The van der Waals surface area contributed by atoms with Crippen LogP contribution in [-0.2, 0) is 11.3 Å². The van der Waals surface area contributed by atoms with Crippen molar-refractivity contribution in [2.24, 2.45) is 5.92 Å². The smallest absolute Gasteiger partial charge is 0.0569 e. The molecule has 1 saturated heterocycles. The maximum atomic E-state index is 5.46. The molecule has 0 aliphatic carbocycles. The minimum Gasteiger partial charge on any atom is -0.381 e. The minimum atomic E-state index is 0.478. The van der Waals surface area contributed by atoms with Crippen molar-refractivity contribution in [2.75, 3.05) is 19.8 Å². The van der Waals surface area contributed by atoms with E-state index in [4.69, 9.17) is 4.74 Å². The molecule has 0 spiro atoms. The lowest BCUT2D eigenvalue weighted by atomic mass is 9.99. The van der Waals surface area contributed by atoms with E-state index >= 15 is 0 Å². The third-order valence-corrected chi connectivity index (χ3v) is 3.30. The summed E-state index contributed by atoms with van der Waals surface area (Å²) >= 11 is 0. The van der Waals surface area contributed by atoms with Gasteiger partial charge in [-0.3, -0.25) is 4.68 Å². The number of aryl methyl sites for hydroxylation is 1. The maximum absolute atomic E-state index is 5.46. The van der Waals surface area contributed by atoms with Gasteiger partial charge in [0.2, 0.25) is 0 Å². The Bertz CT molecular complexity index is 318. The van der Waals surface area contributed by atoms with Crippen LogP contribution in [0.2, 0.25) is 0 Å². The lowest BCUT2D eigenvalue weighted by Gasteiger charge is -2.23. The number of likely N-dealkylation sites (N-methyl/N-ethyl adjacent to an activating group) is 1. The number of hydrogen-bond acceptors (Lipinski definition) is 3. The summed E-state index contributed by atoms with van der Waals surface area (Å²) in [7, 11) is 0. The zero-order valence-electron chi connectivity index (χ0n) is 10.1. The predicted octanol–water partition coefficient (Wildman–Crippen LogP) is 1.21. The topological polar surface area (TPSA) is 39.1 Å². The van der Waals surface area contributed by atoms with Crippen LogP contribution in [0.15, 0.2) is 12.3 Å². The summed E-state index contributed by atoms with van der Waals surface area (Å²) in [6, 6.07) is 2.53. The normalized spacial score (nSPS) is 22.5. The number of hydrogen-bond donors (Lipinski definition) is 1. The van der Waals surface area contributed by atoms with Crippen LogP contribution in [0.3, 0.4) is 0 Å². The second-order valence-corrected chi connectivity index (χ2v) is 4.44. The summed E-state index contributed by atoms with van der Waals surface area (Å²) in [6.45, 7) is 7.99. The molecule has 1 aliphatic heterocycles. The van der Waals surface area contributed by atoms with Gasteiger partial charge >= 0.3 is 0 Å². The average Bonchev–Trinajstić information content (AvgIpc) is 2.90. The second-order valence-electron chi connectivity index (χ2n) is 4.44. The predicted molar refractivity (Wildman–Crippen MR) is 63.4 cm³/mol. The first-order valence-corrected chi connectivity index (χ1v) is 6.10. The summed E-state index contributed by atoms with van der Waals surface area (Å²) in [5.41, 5.74) is 1.22. The summed E-state index contributed by atoms with van der Waals surface area (Å²) in [4.78, 5) is 0. The van der Waals surface area contributed by atoms with E-state index in [0.717, 1.165) is 32.7 Å². The quantitative estimate of drug-likeness (QED) is 0.815. The summed E-state index contributed by atoms with van der Waals surface area (Å²) in [6.07, 6.45) is 3.03. The van der Waals surface area contributed by atoms with E-state index < -0.39 is 0 Å². The Kier molecular flexibility index (Phi) is 3.96. The van der Waals surface area contributed by atoms with Crippen molar-refractivity contribution in [1.82, 2.24) is 15.1 Å². The van der Waals surface area contributed by atoms with Crippen LogP contribution >= 0.6 is 0 Å². The van der Waals surface area contributed by atoms with E-state index in [0.29, 0.717) is 12.0 Å². The molecule has 2 unspecified atom stereocenters. The van der Waals surface area contributed by atoms with Crippen LogP contribution in [0, 0.1) is 12.8 Å². The van der Waals surface area contributed by atoms with Crippen molar-refractivity contribution < 1.29 is 4.74 Å². The molecule has 1 aromatic rings. The lowest BCUT2D eigenvalue weighted by Crippen LogP contribution is -2.40. The molecular formula is C12H21N3O. The highest BCUT2D eigenvalue weighted by atomic mass is 16.5. The number of ether oxygens (including phenoxy) is 1. The molecule has 2 heterocycles. The lowest BCUT2D eigenvalue weighted by molar-refractivity contribution is 0.173. The van der Waals surface area contributed by atoms with Gasteiger partial charge in [-0.2, -0.15) is 5.10 Å². The van der Waals surface area contributed by atoms with Gasteiger partial charge in [-0.25, -0.2) is 0 Å². The van der Waals surface area contributed by atoms with E-state index in [2.05, 4.69) is 28.9 Å². The number of nitrogens with one attached hydrogen (secondary N) is 1. The maximum Gasteiger partial charge on any atom is 0.0569 e. The minimum absolute atomic E-state index is 0.478. The summed E-state index contributed by atoms with van der Waals surface area (Å²) in [5.74, 6) is 0.628. The fourth-order valence-corrected chi connectivity index (χ4v) is 2.29. The highest BCUT2D eigenvalue weighted by molar-refractivity contribution is 4.97. The SMILES string of the molecule is CCNC(Cn1nccc1C)C1CCOC1. The van der Waals surface area contributed by atoms with Gasteiger partial charge in [-0.05, 0) is 26.0 Å². The Morgan fingerprint density at radius 1 is 1.69 bits per heavy atom. The average molecular weight is 223 g/mol. The third kappa shape index (κ3) is 2.62. The molecular weight excluding hydrogens is 202 g/mol. The van der Waals surface area contributed by atoms with Crippen LogP contribution in [0.1, 0.15) is 19.0 Å². The molecule has 2 rings (SSSR count). The molecule has 4 nitrogen and oxygen atoms in total. The second kappa shape index (κ2) is 5.46. The highest BCUT2D eigenvalue weighted by Gasteiger charge is 2.25. The standard InChI is InChI=1S/C12H21N3O/c1-3-13-12(11-5-7-16-9-11)8-15-10(2)4-6-14-15/h4,6,11-13H,3,5,7-9H2,1-2H3. The van der Waals surface area contributed by atoms with Gasteiger partial charge in [0, 0.05) is 30.5 Å². The third-order valence-electron chi connectivity index (χ3n) is 3.30. The van der Waals surface area contributed by atoms with Crippen molar-refractivity contribution in [2.45, 2.75) is 32.9 Å². The van der Waals surface area contributed by atoms with Crippen molar-refractivity contribution >= 4 is 0 Å². The van der Waals surface area contributed by atoms with E-state index in [9.17, 15) is 0 Å². The van der Waals surface area contributed by atoms with Gasteiger partial charge in [-0.1, -0.05) is 6.92 Å². The molecule has 1 N–H and O–H groups in total. The number of rotatable bonds is 5. The molecule has 4 heteroatoms. The van der Waals surface area contributed by atoms with Gasteiger partial charge in [0.15, 0.2) is 0 Å². The molecule has 90 valence electrons. The van der Waals surface area contributed by atoms with Crippen LogP contribution in [-0.4, -0.2) is 35.6 Å². The monoisotopic (exact) mass is 223 g/mol. The first-order valence-electron chi connectivity index (χ1n) is 6.10. The Hall–Kier alpha value is -0.870. The summed E-state index contributed by atoms with van der Waals surface area (Å²) < 4.78 is 7.54. The van der Waals surface area contributed by atoms with Gasteiger partial charge < -0.3 is 10.1 Å². The largest absolute Gasteiger partial charge is 0.381 e. The Morgan fingerprint density at radius 3 is 3.12 bits per heavy atom. The molecule has 0 bridgehead atoms. The van der Waals surface area contributed by atoms with Crippen LogP contribution in [0.4, 0.5) is 0 Å². The zero-order chi connectivity index (χ0) is 11.4. The molecule has 0 radical (unpaired) electrons. The Labute approximate surface area is 97.0 Å². The molecule has 16 heavy (non-hydrogen) atoms. The van der Waals surface area contributed by atoms with Crippen LogP contribution in [0.5, 0.6) is 0 Å². The summed E-state index contributed by atoms with van der Waals surface area (Å²) in [5, 5.41) is 7.89. The van der Waals surface area contributed by atoms with Gasteiger partial charge in [0.1, 0.15) is 0 Å².